The molecule has 1 aromatic carbocycles. The molecule has 0 amide bonds. The zero-order valence-electron chi connectivity index (χ0n) is 9.53. The maximum Gasteiger partial charge on any atom is 0.0378 e. The number of anilines is 1. The number of benzene rings is 1. The minimum atomic E-state index is 0.528. The molecule has 80 valence electrons. The Morgan fingerprint density at radius 1 is 1.40 bits per heavy atom. The monoisotopic (exact) mass is 201 g/mol. The van der Waals surface area contributed by atoms with Gasteiger partial charge in [0, 0.05) is 17.6 Å². The number of nitrogens with one attached hydrogen (secondary N) is 1. The number of rotatable bonds is 3. The summed E-state index contributed by atoms with van der Waals surface area (Å²) in [7, 11) is 0. The van der Waals surface area contributed by atoms with Gasteiger partial charge >= 0.3 is 0 Å². The van der Waals surface area contributed by atoms with Crippen molar-refractivity contribution in [1.82, 2.24) is 0 Å². The molecule has 2 atom stereocenters. The van der Waals surface area contributed by atoms with E-state index in [9.17, 15) is 0 Å². The third kappa shape index (κ3) is 1.79. The van der Waals surface area contributed by atoms with Gasteiger partial charge in [-0.1, -0.05) is 38.1 Å². The van der Waals surface area contributed by atoms with Crippen LogP contribution < -0.4 is 5.32 Å². The summed E-state index contributed by atoms with van der Waals surface area (Å²) in [6.45, 7) is 8.43. The lowest BCUT2D eigenvalue weighted by molar-refractivity contribution is 0.456. The van der Waals surface area contributed by atoms with Crippen molar-refractivity contribution < 1.29 is 0 Å². The van der Waals surface area contributed by atoms with E-state index in [1.165, 1.54) is 11.3 Å². The Morgan fingerprint density at radius 3 is 2.80 bits per heavy atom. The van der Waals surface area contributed by atoms with E-state index < -0.39 is 0 Å². The van der Waals surface area contributed by atoms with Crippen LogP contribution in [0.2, 0.25) is 0 Å². The fraction of sp³-hybridized carbons (Fsp3) is 0.429. The van der Waals surface area contributed by atoms with Gasteiger partial charge < -0.3 is 5.32 Å². The van der Waals surface area contributed by atoms with Gasteiger partial charge in [-0.2, -0.15) is 0 Å². The van der Waals surface area contributed by atoms with Gasteiger partial charge in [0.2, 0.25) is 0 Å². The van der Waals surface area contributed by atoms with Crippen LogP contribution in [-0.2, 0) is 0 Å². The molecule has 1 heteroatoms. The Labute approximate surface area is 92.2 Å². The molecule has 1 N–H and O–H groups in total. The molecule has 1 heterocycles. The molecule has 0 fully saturated rings. The van der Waals surface area contributed by atoms with Crippen molar-refractivity contribution in [3.05, 3.63) is 42.5 Å². The molecular weight excluding hydrogens is 182 g/mol. The van der Waals surface area contributed by atoms with Crippen LogP contribution in [-0.4, -0.2) is 6.04 Å². The minimum absolute atomic E-state index is 0.528. The van der Waals surface area contributed by atoms with E-state index in [1.54, 1.807) is 0 Å². The maximum absolute atomic E-state index is 3.84. The average Bonchev–Trinajstić information content (AvgIpc) is 2.56. The highest BCUT2D eigenvalue weighted by atomic mass is 15.0. The van der Waals surface area contributed by atoms with Gasteiger partial charge in [0.05, 0.1) is 0 Å². The molecule has 1 aliphatic heterocycles. The van der Waals surface area contributed by atoms with E-state index in [0.29, 0.717) is 17.9 Å². The van der Waals surface area contributed by atoms with E-state index >= 15 is 0 Å². The number of hydrogen-bond donors (Lipinski definition) is 1. The zero-order valence-corrected chi connectivity index (χ0v) is 9.53. The maximum atomic E-state index is 3.84. The lowest BCUT2D eigenvalue weighted by Crippen LogP contribution is -2.23. The minimum Gasteiger partial charge on any atom is -0.381 e. The van der Waals surface area contributed by atoms with Gasteiger partial charge in [0.1, 0.15) is 0 Å². The second-order valence-corrected chi connectivity index (χ2v) is 4.63. The zero-order chi connectivity index (χ0) is 10.8. The molecule has 0 unspecified atom stereocenters. The Morgan fingerprint density at radius 2 is 2.13 bits per heavy atom. The molecule has 1 aromatic rings. The van der Waals surface area contributed by atoms with Crippen molar-refractivity contribution in [2.45, 2.75) is 32.2 Å². The quantitative estimate of drug-likeness (QED) is 0.733. The summed E-state index contributed by atoms with van der Waals surface area (Å²) in [6, 6.07) is 9.18. The standard InChI is InChI=1S/C14H19N/c1-4-7-13-14(10(2)3)11-8-5-6-9-12(11)15-13/h4-6,8-10,13-15H,1,7H2,2-3H3/t13-,14+/m1/s1. The summed E-state index contributed by atoms with van der Waals surface area (Å²) in [5, 5.41) is 3.60. The van der Waals surface area contributed by atoms with Crippen molar-refractivity contribution in [2.24, 2.45) is 5.92 Å². The molecule has 0 aliphatic carbocycles. The molecule has 0 aromatic heterocycles. The van der Waals surface area contributed by atoms with Crippen LogP contribution in [0.25, 0.3) is 0 Å². The Bertz CT molecular complexity index is 354. The van der Waals surface area contributed by atoms with E-state index in [4.69, 9.17) is 0 Å². The molecule has 0 bridgehead atoms. The van der Waals surface area contributed by atoms with Gasteiger partial charge in [-0.15, -0.1) is 6.58 Å². The van der Waals surface area contributed by atoms with Crippen molar-refractivity contribution in [1.29, 1.82) is 0 Å². The van der Waals surface area contributed by atoms with Crippen LogP contribution in [0.5, 0.6) is 0 Å². The van der Waals surface area contributed by atoms with E-state index in [-0.39, 0.29) is 0 Å². The SMILES string of the molecule is C=CC[C@H]1Nc2ccccc2[C@@H]1C(C)C. The number of fused-ring (bicyclic) bond motifs is 1. The highest BCUT2D eigenvalue weighted by molar-refractivity contribution is 5.59. The van der Waals surface area contributed by atoms with Crippen molar-refractivity contribution in [3.8, 4) is 0 Å². The molecule has 0 saturated heterocycles. The molecular formula is C14H19N. The topological polar surface area (TPSA) is 12.0 Å². The number of para-hydroxylation sites is 1. The van der Waals surface area contributed by atoms with Crippen molar-refractivity contribution in [2.75, 3.05) is 5.32 Å². The van der Waals surface area contributed by atoms with E-state index in [2.05, 4.69) is 50.0 Å². The largest absolute Gasteiger partial charge is 0.381 e. The van der Waals surface area contributed by atoms with Gasteiger partial charge in [-0.3, -0.25) is 0 Å². The Hall–Kier alpha value is -1.24. The van der Waals surface area contributed by atoms with Crippen LogP contribution in [0.4, 0.5) is 5.69 Å². The Balaban J connectivity index is 2.33. The predicted molar refractivity (Wildman–Crippen MR) is 66.2 cm³/mol. The fourth-order valence-corrected chi connectivity index (χ4v) is 2.63. The molecule has 1 nitrogen and oxygen atoms in total. The fourth-order valence-electron chi connectivity index (χ4n) is 2.63. The first kappa shape index (κ1) is 10.3. The third-order valence-electron chi connectivity index (χ3n) is 3.23. The van der Waals surface area contributed by atoms with Gasteiger partial charge in [-0.25, -0.2) is 0 Å². The molecule has 2 rings (SSSR count). The summed E-state index contributed by atoms with van der Waals surface area (Å²) < 4.78 is 0. The lowest BCUT2D eigenvalue weighted by Gasteiger charge is -2.22. The second kappa shape index (κ2) is 4.09. The first-order chi connectivity index (χ1) is 7.24. The summed E-state index contributed by atoms with van der Waals surface area (Å²) in [6.07, 6.45) is 3.05. The van der Waals surface area contributed by atoms with Crippen LogP contribution in [0.3, 0.4) is 0 Å². The predicted octanol–water partition coefficient (Wildman–Crippen LogP) is 3.80. The molecule has 0 spiro atoms. The van der Waals surface area contributed by atoms with E-state index in [1.807, 2.05) is 6.08 Å². The average molecular weight is 201 g/mol. The van der Waals surface area contributed by atoms with Crippen LogP contribution in [0.1, 0.15) is 31.7 Å². The molecule has 15 heavy (non-hydrogen) atoms. The lowest BCUT2D eigenvalue weighted by atomic mass is 9.84. The van der Waals surface area contributed by atoms with Crippen LogP contribution >= 0.6 is 0 Å². The second-order valence-electron chi connectivity index (χ2n) is 4.63. The summed E-state index contributed by atoms with van der Waals surface area (Å²) in [4.78, 5) is 0. The van der Waals surface area contributed by atoms with Crippen LogP contribution in [0.15, 0.2) is 36.9 Å². The van der Waals surface area contributed by atoms with E-state index in [0.717, 1.165) is 6.42 Å². The molecule has 0 saturated carbocycles. The first-order valence-corrected chi connectivity index (χ1v) is 5.70. The van der Waals surface area contributed by atoms with Gasteiger partial charge in [0.25, 0.3) is 0 Å². The normalized spacial score (nSPS) is 23.7. The smallest absolute Gasteiger partial charge is 0.0378 e. The Kier molecular flexibility index (Phi) is 2.81. The third-order valence-corrected chi connectivity index (χ3v) is 3.23. The highest BCUT2D eigenvalue weighted by Gasteiger charge is 2.32. The summed E-state index contributed by atoms with van der Waals surface area (Å²) in [5.41, 5.74) is 2.78. The first-order valence-electron chi connectivity index (χ1n) is 5.70. The summed E-state index contributed by atoms with van der Waals surface area (Å²) >= 11 is 0. The summed E-state index contributed by atoms with van der Waals surface area (Å²) in [5.74, 6) is 1.30. The molecule has 1 aliphatic rings. The van der Waals surface area contributed by atoms with Crippen molar-refractivity contribution >= 4 is 5.69 Å². The van der Waals surface area contributed by atoms with Gasteiger partial charge in [0.15, 0.2) is 0 Å². The number of hydrogen-bond acceptors (Lipinski definition) is 1. The molecule has 0 radical (unpaired) electrons. The van der Waals surface area contributed by atoms with Gasteiger partial charge in [-0.05, 0) is 24.0 Å². The van der Waals surface area contributed by atoms with Crippen LogP contribution in [0, 0.1) is 5.92 Å². The van der Waals surface area contributed by atoms with Crippen molar-refractivity contribution in [3.63, 3.8) is 0 Å². The highest BCUT2D eigenvalue weighted by Crippen LogP contribution is 2.41.